The van der Waals surface area contributed by atoms with Gasteiger partial charge < -0.3 is 9.84 Å². The molecule has 2 rings (SSSR count). The molecule has 18 heavy (non-hydrogen) atoms. The maximum absolute atomic E-state index is 10.6. The average molecular weight is 270 g/mol. The summed E-state index contributed by atoms with van der Waals surface area (Å²) in [6, 6.07) is 2.45. The van der Waals surface area contributed by atoms with Crippen LogP contribution in [-0.2, 0) is 6.54 Å². The predicted molar refractivity (Wildman–Crippen MR) is 62.3 cm³/mol. The van der Waals surface area contributed by atoms with Gasteiger partial charge in [0, 0.05) is 6.92 Å². The highest BCUT2D eigenvalue weighted by Crippen LogP contribution is 2.20. The Morgan fingerprint density at radius 3 is 2.89 bits per heavy atom. The number of nitrogens with zero attached hydrogens (tertiary/aromatic N) is 4. The molecule has 8 nitrogen and oxygen atoms in total. The topological polar surface area (TPSA) is 107 Å². The fourth-order valence-corrected chi connectivity index (χ4v) is 1.46. The molecule has 2 heterocycles. The maximum atomic E-state index is 10.6. The zero-order chi connectivity index (χ0) is 13.1. The number of nitro groups is 1. The summed E-state index contributed by atoms with van der Waals surface area (Å²) in [5.41, 5.74) is -0.137. The molecule has 0 amide bonds. The van der Waals surface area contributed by atoms with E-state index in [-0.39, 0.29) is 23.2 Å². The second-order valence-electron chi connectivity index (χ2n) is 3.37. The number of rotatable bonds is 4. The van der Waals surface area contributed by atoms with E-state index in [4.69, 9.17) is 16.1 Å². The van der Waals surface area contributed by atoms with Crippen LogP contribution < -0.4 is 5.32 Å². The Morgan fingerprint density at radius 1 is 1.50 bits per heavy atom. The van der Waals surface area contributed by atoms with Gasteiger partial charge in [0.25, 0.3) is 5.69 Å². The molecule has 0 atom stereocenters. The van der Waals surface area contributed by atoms with Gasteiger partial charge in [0.05, 0.1) is 23.6 Å². The van der Waals surface area contributed by atoms with Gasteiger partial charge in [-0.3, -0.25) is 10.1 Å². The number of aromatic nitrogens is 3. The first kappa shape index (κ1) is 12.2. The van der Waals surface area contributed by atoms with Gasteiger partial charge in [-0.25, -0.2) is 4.98 Å². The molecule has 0 unspecified atom stereocenters. The summed E-state index contributed by atoms with van der Waals surface area (Å²) in [6.07, 6.45) is 0. The van der Waals surface area contributed by atoms with Crippen LogP contribution in [0.15, 0.2) is 16.7 Å². The third-order valence-electron chi connectivity index (χ3n) is 1.99. The minimum Gasteiger partial charge on any atom is -0.362 e. The molecule has 0 saturated heterocycles. The van der Waals surface area contributed by atoms with Crippen LogP contribution in [0.5, 0.6) is 0 Å². The van der Waals surface area contributed by atoms with Crippen molar-refractivity contribution in [3.8, 4) is 0 Å². The van der Waals surface area contributed by atoms with Crippen molar-refractivity contribution in [1.29, 1.82) is 0 Å². The second-order valence-corrected chi connectivity index (χ2v) is 3.76. The van der Waals surface area contributed by atoms with Gasteiger partial charge in [0.15, 0.2) is 5.82 Å². The minimum atomic E-state index is -0.544. The van der Waals surface area contributed by atoms with Crippen LogP contribution in [0.25, 0.3) is 0 Å². The highest BCUT2D eigenvalue weighted by molar-refractivity contribution is 6.29. The van der Waals surface area contributed by atoms with Crippen molar-refractivity contribution in [3.63, 3.8) is 0 Å². The Morgan fingerprint density at radius 2 is 2.28 bits per heavy atom. The van der Waals surface area contributed by atoms with E-state index in [1.165, 1.54) is 12.1 Å². The summed E-state index contributed by atoms with van der Waals surface area (Å²) >= 11 is 5.67. The van der Waals surface area contributed by atoms with Crippen LogP contribution in [0.2, 0.25) is 5.15 Å². The summed E-state index contributed by atoms with van der Waals surface area (Å²) in [5.74, 6) is 1.14. The van der Waals surface area contributed by atoms with Crippen molar-refractivity contribution in [2.24, 2.45) is 0 Å². The summed E-state index contributed by atoms with van der Waals surface area (Å²) in [6.45, 7) is 1.90. The lowest BCUT2D eigenvalue weighted by Gasteiger charge is -2.02. The van der Waals surface area contributed by atoms with E-state index < -0.39 is 4.92 Å². The lowest BCUT2D eigenvalue weighted by atomic mass is 10.4. The number of nitrogens with one attached hydrogen (secondary N) is 1. The second kappa shape index (κ2) is 4.96. The molecule has 0 aromatic carbocycles. The molecule has 2 aromatic rings. The number of aryl methyl sites for hydroxylation is 1. The van der Waals surface area contributed by atoms with Crippen molar-refractivity contribution in [3.05, 3.63) is 39.1 Å². The molecule has 0 aliphatic heterocycles. The van der Waals surface area contributed by atoms with Crippen molar-refractivity contribution in [2.45, 2.75) is 13.5 Å². The Kier molecular flexibility index (Phi) is 3.38. The number of hydrogen-bond acceptors (Lipinski definition) is 7. The van der Waals surface area contributed by atoms with Crippen molar-refractivity contribution in [1.82, 2.24) is 15.1 Å². The number of anilines is 1. The zero-order valence-electron chi connectivity index (χ0n) is 9.25. The van der Waals surface area contributed by atoms with Gasteiger partial charge in [-0.2, -0.15) is 4.98 Å². The predicted octanol–water partition coefficient (Wildman–Crippen LogP) is 1.95. The van der Waals surface area contributed by atoms with Crippen molar-refractivity contribution >= 4 is 23.1 Å². The summed E-state index contributed by atoms with van der Waals surface area (Å²) in [5, 5.41) is 17.2. The highest BCUT2D eigenvalue weighted by Gasteiger charge is 2.10. The van der Waals surface area contributed by atoms with Gasteiger partial charge in [0.2, 0.25) is 5.89 Å². The van der Waals surface area contributed by atoms with E-state index in [9.17, 15) is 10.1 Å². The lowest BCUT2D eigenvalue weighted by molar-refractivity contribution is -0.384. The molecule has 94 valence electrons. The third-order valence-corrected chi connectivity index (χ3v) is 2.18. The van der Waals surface area contributed by atoms with Gasteiger partial charge in [-0.05, 0) is 0 Å². The summed E-state index contributed by atoms with van der Waals surface area (Å²) < 4.78 is 4.78. The monoisotopic (exact) mass is 269 g/mol. The molecule has 0 bridgehead atoms. The van der Waals surface area contributed by atoms with E-state index in [1.54, 1.807) is 6.92 Å². The Labute approximate surface area is 106 Å². The lowest BCUT2D eigenvalue weighted by Crippen LogP contribution is -2.03. The quantitative estimate of drug-likeness (QED) is 0.513. The van der Waals surface area contributed by atoms with Gasteiger partial charge >= 0.3 is 0 Å². The number of halogens is 1. The van der Waals surface area contributed by atoms with Crippen LogP contribution in [0.4, 0.5) is 11.5 Å². The number of hydrogen-bond donors (Lipinski definition) is 1. The van der Waals surface area contributed by atoms with Crippen molar-refractivity contribution < 1.29 is 9.45 Å². The van der Waals surface area contributed by atoms with Crippen LogP contribution in [0.3, 0.4) is 0 Å². The fraction of sp³-hybridized carbons (Fsp3) is 0.222. The average Bonchev–Trinajstić information content (AvgIpc) is 2.72. The molecule has 0 spiro atoms. The SMILES string of the molecule is Cc1nc(CNc2cc([N+](=O)[O-])cc(Cl)n2)no1. The van der Waals surface area contributed by atoms with Crippen LogP contribution in [-0.4, -0.2) is 20.0 Å². The highest BCUT2D eigenvalue weighted by atomic mass is 35.5. The smallest absolute Gasteiger partial charge is 0.276 e. The van der Waals surface area contributed by atoms with Crippen molar-refractivity contribution in [2.75, 3.05) is 5.32 Å². The normalized spacial score (nSPS) is 10.3. The first-order chi connectivity index (χ1) is 8.54. The van der Waals surface area contributed by atoms with Gasteiger partial charge in [0.1, 0.15) is 11.0 Å². The largest absolute Gasteiger partial charge is 0.362 e. The standard InChI is InChI=1S/C9H8ClN5O3/c1-5-12-9(14-18-5)4-11-8-3-6(15(16)17)2-7(10)13-8/h2-3H,4H2,1H3,(H,11,13). The molecule has 2 aromatic heterocycles. The van der Waals surface area contributed by atoms with Crippen LogP contribution in [0.1, 0.15) is 11.7 Å². The first-order valence-electron chi connectivity index (χ1n) is 4.89. The van der Waals surface area contributed by atoms with E-state index in [2.05, 4.69) is 20.4 Å². The molecule has 0 fully saturated rings. The molecule has 0 radical (unpaired) electrons. The van der Waals surface area contributed by atoms with Crippen LogP contribution in [0, 0.1) is 17.0 Å². The molecular weight excluding hydrogens is 262 g/mol. The zero-order valence-corrected chi connectivity index (χ0v) is 10.0. The molecule has 1 N–H and O–H groups in total. The Hall–Kier alpha value is -2.22. The fourth-order valence-electron chi connectivity index (χ4n) is 1.26. The Bertz CT molecular complexity index is 585. The van der Waals surface area contributed by atoms with Crippen LogP contribution >= 0.6 is 11.6 Å². The van der Waals surface area contributed by atoms with E-state index in [1.807, 2.05) is 0 Å². The molecule has 0 aliphatic carbocycles. The van der Waals surface area contributed by atoms with Gasteiger partial charge in [-0.1, -0.05) is 16.8 Å². The van der Waals surface area contributed by atoms with Gasteiger partial charge in [-0.15, -0.1) is 0 Å². The molecule has 0 aliphatic rings. The molecular formula is C9H8ClN5O3. The molecule has 0 saturated carbocycles. The minimum absolute atomic E-state index is 0.0380. The summed E-state index contributed by atoms with van der Waals surface area (Å²) in [7, 11) is 0. The Balaban J connectivity index is 2.11. The third kappa shape index (κ3) is 2.92. The first-order valence-corrected chi connectivity index (χ1v) is 5.27. The molecule has 9 heteroatoms. The van der Waals surface area contributed by atoms with E-state index >= 15 is 0 Å². The van der Waals surface area contributed by atoms with E-state index in [0.717, 1.165) is 0 Å². The maximum Gasteiger partial charge on any atom is 0.276 e. The summed E-state index contributed by atoms with van der Waals surface area (Å²) in [4.78, 5) is 18.0. The van der Waals surface area contributed by atoms with E-state index in [0.29, 0.717) is 11.7 Å². The number of pyridine rings is 1.